The molecule has 11 heteroatoms. The van der Waals surface area contributed by atoms with Crippen molar-refractivity contribution in [3.63, 3.8) is 0 Å². The Bertz CT molecular complexity index is 317. The van der Waals surface area contributed by atoms with Crippen LogP contribution in [0.4, 0.5) is 0 Å². The highest BCUT2D eigenvalue weighted by Gasteiger charge is 2.46. The lowest BCUT2D eigenvalue weighted by Crippen LogP contribution is -2.61. The maximum atomic E-state index is 10.4. The second-order valence-corrected chi connectivity index (χ2v) is 5.06. The molecule has 10 nitrogen and oxygen atoms in total. The van der Waals surface area contributed by atoms with E-state index in [0.717, 1.165) is 0 Å². The zero-order valence-corrected chi connectivity index (χ0v) is 9.87. The first kappa shape index (κ1) is 15.9. The van der Waals surface area contributed by atoms with Crippen molar-refractivity contribution in [3.8, 4) is 0 Å². The lowest BCUT2D eigenvalue weighted by Gasteiger charge is -2.40. The molecule has 0 radical (unpaired) electrons. The lowest BCUT2D eigenvalue weighted by atomic mass is 9.96. The van der Waals surface area contributed by atoms with Crippen LogP contribution >= 0.6 is 7.82 Å². The molecule has 1 saturated heterocycles. The minimum Gasteiger partial charge on any atom is -0.388 e. The lowest BCUT2D eigenvalue weighted by molar-refractivity contribution is -0.298. The highest BCUT2D eigenvalue weighted by atomic mass is 31.2. The maximum absolute atomic E-state index is 10.4. The van der Waals surface area contributed by atoms with E-state index in [1.54, 1.807) is 0 Å². The van der Waals surface area contributed by atoms with E-state index in [0.29, 0.717) is 0 Å². The van der Waals surface area contributed by atoms with Gasteiger partial charge in [-0.05, 0) is 0 Å². The van der Waals surface area contributed by atoms with Crippen LogP contribution < -0.4 is 0 Å². The molecule has 0 aliphatic carbocycles. The predicted octanol–water partition coefficient (Wildman–Crippen LogP) is -3.74. The van der Waals surface area contributed by atoms with Crippen molar-refractivity contribution in [1.29, 1.82) is 0 Å². The van der Waals surface area contributed by atoms with E-state index in [4.69, 9.17) is 20.0 Å². The molecular weight excluding hydrogens is 275 g/mol. The summed E-state index contributed by atoms with van der Waals surface area (Å²) in [5.41, 5.74) is 0. The monoisotopic (exact) mass is 290 g/mol. The minimum atomic E-state index is -4.80. The first-order chi connectivity index (χ1) is 8.13. The van der Waals surface area contributed by atoms with E-state index in [9.17, 15) is 19.9 Å². The van der Waals surface area contributed by atoms with Gasteiger partial charge in [0.2, 0.25) is 0 Å². The number of ether oxygens (including phenoxy) is 1. The molecule has 1 heterocycles. The number of aliphatic hydroxyl groups is 5. The Labute approximate surface area is 101 Å². The second kappa shape index (κ2) is 5.88. The topological polar surface area (TPSA) is 177 Å². The normalized spacial score (nSPS) is 39.6. The van der Waals surface area contributed by atoms with Gasteiger partial charge in [0.15, 0.2) is 6.29 Å². The number of phosphoric acid groups is 1. The molecule has 0 aromatic rings. The quantitative estimate of drug-likeness (QED) is 0.254. The van der Waals surface area contributed by atoms with Crippen LogP contribution in [-0.4, -0.2) is 78.7 Å². The van der Waals surface area contributed by atoms with Crippen molar-refractivity contribution >= 4 is 7.82 Å². The van der Waals surface area contributed by atoms with E-state index in [1.807, 2.05) is 0 Å². The maximum Gasteiger partial charge on any atom is 0.469 e. The van der Waals surface area contributed by atoms with Crippen molar-refractivity contribution in [3.05, 3.63) is 0 Å². The number of rotatable bonds is 4. The largest absolute Gasteiger partial charge is 0.469 e. The Morgan fingerprint density at radius 1 is 1.11 bits per heavy atom. The fourth-order valence-electron chi connectivity index (χ4n) is 1.47. The van der Waals surface area contributed by atoms with Crippen LogP contribution in [0.5, 0.6) is 0 Å². The average Bonchev–Trinajstić information content (AvgIpc) is 2.27. The molecule has 1 fully saturated rings. The Hall–Kier alpha value is -0.130. The first-order valence-electron chi connectivity index (χ1n) is 4.89. The van der Waals surface area contributed by atoms with Gasteiger partial charge in [0.1, 0.15) is 30.5 Å². The highest BCUT2D eigenvalue weighted by molar-refractivity contribution is 7.46. The van der Waals surface area contributed by atoms with Gasteiger partial charge >= 0.3 is 7.82 Å². The Morgan fingerprint density at radius 2 is 1.67 bits per heavy atom. The summed E-state index contributed by atoms with van der Waals surface area (Å²) in [6.45, 7) is -0.887. The van der Waals surface area contributed by atoms with Gasteiger partial charge in [0.05, 0.1) is 6.61 Å². The van der Waals surface area contributed by atoms with Gasteiger partial charge in [-0.2, -0.15) is 0 Å². The standard InChI is InChI=1S/C7H15O10P/c8-2(1-16-18(13,14)15)6-4(10)3(9)5(11)7(12)17-6/h2-12H,1H2,(H2,13,14,15)/t2-,3+,4+,5+,6-,7-/m1/s1. The van der Waals surface area contributed by atoms with Gasteiger partial charge in [-0.3, -0.25) is 4.52 Å². The smallest absolute Gasteiger partial charge is 0.388 e. The van der Waals surface area contributed by atoms with Crippen LogP contribution in [0.1, 0.15) is 0 Å². The fourth-order valence-corrected chi connectivity index (χ4v) is 1.82. The molecule has 1 rings (SSSR count). The fraction of sp³-hybridized carbons (Fsp3) is 1.00. The Balaban J connectivity index is 2.62. The van der Waals surface area contributed by atoms with Crippen LogP contribution in [0, 0.1) is 0 Å². The van der Waals surface area contributed by atoms with Gasteiger partial charge in [0, 0.05) is 0 Å². The molecule has 1 aliphatic heterocycles. The van der Waals surface area contributed by atoms with E-state index >= 15 is 0 Å². The molecule has 7 N–H and O–H groups in total. The third-order valence-electron chi connectivity index (χ3n) is 2.42. The molecule has 0 spiro atoms. The molecule has 0 unspecified atom stereocenters. The van der Waals surface area contributed by atoms with Crippen molar-refractivity contribution in [2.75, 3.05) is 6.61 Å². The number of hydrogen-bond acceptors (Lipinski definition) is 8. The molecule has 0 amide bonds. The van der Waals surface area contributed by atoms with E-state index in [-0.39, 0.29) is 0 Å². The Morgan fingerprint density at radius 3 is 2.17 bits per heavy atom. The summed E-state index contributed by atoms with van der Waals surface area (Å²) in [4.78, 5) is 16.8. The van der Waals surface area contributed by atoms with Crippen molar-refractivity contribution in [1.82, 2.24) is 0 Å². The van der Waals surface area contributed by atoms with E-state index < -0.39 is 51.2 Å². The zero-order valence-electron chi connectivity index (χ0n) is 8.97. The minimum absolute atomic E-state index is 0.887. The SMILES string of the molecule is O=P(O)(O)OC[C@@H](O)[C@H]1O[C@@H](O)[C@@H](O)[C@@H](O)[C@@H]1O. The van der Waals surface area contributed by atoms with Crippen LogP contribution in [0.3, 0.4) is 0 Å². The molecule has 0 saturated carbocycles. The molecule has 18 heavy (non-hydrogen) atoms. The van der Waals surface area contributed by atoms with Gasteiger partial charge in [-0.25, -0.2) is 4.57 Å². The summed E-state index contributed by atoms with van der Waals surface area (Å²) >= 11 is 0. The third-order valence-corrected chi connectivity index (χ3v) is 2.90. The summed E-state index contributed by atoms with van der Waals surface area (Å²) in [6, 6.07) is 0. The van der Waals surface area contributed by atoms with Crippen molar-refractivity contribution in [2.24, 2.45) is 0 Å². The molecule has 6 atom stereocenters. The second-order valence-electron chi connectivity index (χ2n) is 3.82. The molecule has 0 aromatic carbocycles. The van der Waals surface area contributed by atoms with Crippen LogP contribution in [0.2, 0.25) is 0 Å². The van der Waals surface area contributed by atoms with Gasteiger partial charge < -0.3 is 40.1 Å². The van der Waals surface area contributed by atoms with Gasteiger partial charge in [0.25, 0.3) is 0 Å². The number of aliphatic hydroxyl groups excluding tert-OH is 5. The summed E-state index contributed by atoms with van der Waals surface area (Å²) in [5.74, 6) is 0. The summed E-state index contributed by atoms with van der Waals surface area (Å²) in [6.07, 6.45) is -10.4. The predicted molar refractivity (Wildman–Crippen MR) is 52.9 cm³/mol. The third kappa shape index (κ3) is 3.93. The summed E-state index contributed by atoms with van der Waals surface area (Å²) in [5, 5.41) is 46.6. The van der Waals surface area contributed by atoms with Crippen LogP contribution in [0.15, 0.2) is 0 Å². The molecule has 0 aromatic heterocycles. The molecular formula is C7H15O10P. The van der Waals surface area contributed by atoms with Crippen molar-refractivity contribution in [2.45, 2.75) is 36.8 Å². The van der Waals surface area contributed by atoms with E-state index in [1.165, 1.54) is 0 Å². The summed E-state index contributed by atoms with van der Waals surface area (Å²) < 4.78 is 19.0. The van der Waals surface area contributed by atoms with Gasteiger partial charge in [-0.1, -0.05) is 0 Å². The van der Waals surface area contributed by atoms with Gasteiger partial charge in [-0.15, -0.1) is 0 Å². The number of hydrogen-bond donors (Lipinski definition) is 7. The van der Waals surface area contributed by atoms with Crippen molar-refractivity contribution < 1.29 is 49.1 Å². The zero-order chi connectivity index (χ0) is 14.1. The Kier molecular flexibility index (Phi) is 5.21. The summed E-state index contributed by atoms with van der Waals surface area (Å²) in [7, 11) is -4.80. The molecule has 0 bridgehead atoms. The average molecular weight is 290 g/mol. The number of phosphoric ester groups is 1. The van der Waals surface area contributed by atoms with Crippen LogP contribution in [0.25, 0.3) is 0 Å². The molecule has 108 valence electrons. The first-order valence-corrected chi connectivity index (χ1v) is 6.42. The molecule has 1 aliphatic rings. The highest BCUT2D eigenvalue weighted by Crippen LogP contribution is 2.36. The van der Waals surface area contributed by atoms with Crippen LogP contribution in [-0.2, 0) is 13.8 Å². The van der Waals surface area contributed by atoms with E-state index in [2.05, 4.69) is 9.26 Å².